The minimum atomic E-state index is -0.855. The van der Waals surface area contributed by atoms with Crippen LogP contribution in [-0.4, -0.2) is 27.6 Å². The fourth-order valence-electron chi connectivity index (χ4n) is 3.33. The SMILES string of the molecule is Cn1ccc(C(=O)NC(CCC(=O)O)CC2CCCCC2)cc1=O. The molecule has 2 rings (SSSR count). The molecule has 1 atom stereocenters. The molecule has 0 spiro atoms. The van der Waals surface area contributed by atoms with Crippen LogP contribution in [0.4, 0.5) is 0 Å². The van der Waals surface area contributed by atoms with Crippen molar-refractivity contribution in [3.63, 3.8) is 0 Å². The summed E-state index contributed by atoms with van der Waals surface area (Å²) in [6.07, 6.45) is 8.79. The summed E-state index contributed by atoms with van der Waals surface area (Å²) in [4.78, 5) is 34.9. The van der Waals surface area contributed by atoms with E-state index in [0.717, 1.165) is 19.3 Å². The zero-order valence-electron chi connectivity index (χ0n) is 14.2. The molecule has 1 heterocycles. The van der Waals surface area contributed by atoms with Crippen LogP contribution in [-0.2, 0) is 11.8 Å². The van der Waals surface area contributed by atoms with E-state index in [2.05, 4.69) is 5.32 Å². The average Bonchev–Trinajstić information content (AvgIpc) is 2.56. The molecule has 1 fully saturated rings. The lowest BCUT2D eigenvalue weighted by Crippen LogP contribution is -2.37. The first kappa shape index (κ1) is 18.2. The molecule has 0 saturated heterocycles. The molecule has 1 aliphatic carbocycles. The van der Waals surface area contributed by atoms with Crippen LogP contribution in [0.15, 0.2) is 23.1 Å². The summed E-state index contributed by atoms with van der Waals surface area (Å²) < 4.78 is 1.40. The Hall–Kier alpha value is -2.11. The Morgan fingerprint density at radius 1 is 1.33 bits per heavy atom. The Labute approximate surface area is 141 Å². The zero-order chi connectivity index (χ0) is 17.5. The van der Waals surface area contributed by atoms with Gasteiger partial charge in [-0.25, -0.2) is 0 Å². The number of carboxylic acids is 1. The fourth-order valence-corrected chi connectivity index (χ4v) is 3.33. The number of carboxylic acid groups (broad SMARTS) is 1. The smallest absolute Gasteiger partial charge is 0.303 e. The minimum absolute atomic E-state index is 0.0359. The highest BCUT2D eigenvalue weighted by atomic mass is 16.4. The van der Waals surface area contributed by atoms with Gasteiger partial charge in [0.15, 0.2) is 0 Å². The molecular weight excluding hydrogens is 308 g/mol. The molecule has 1 saturated carbocycles. The largest absolute Gasteiger partial charge is 0.481 e. The van der Waals surface area contributed by atoms with E-state index in [4.69, 9.17) is 5.11 Å². The Morgan fingerprint density at radius 2 is 2.04 bits per heavy atom. The van der Waals surface area contributed by atoms with Crippen molar-refractivity contribution in [2.45, 2.75) is 57.4 Å². The van der Waals surface area contributed by atoms with Gasteiger partial charge in [-0.2, -0.15) is 0 Å². The van der Waals surface area contributed by atoms with Crippen LogP contribution in [0.3, 0.4) is 0 Å². The second kappa shape index (κ2) is 8.66. The molecule has 24 heavy (non-hydrogen) atoms. The molecule has 6 nitrogen and oxygen atoms in total. The maximum absolute atomic E-state index is 12.4. The monoisotopic (exact) mass is 334 g/mol. The Morgan fingerprint density at radius 3 is 2.67 bits per heavy atom. The summed E-state index contributed by atoms with van der Waals surface area (Å²) in [6.45, 7) is 0. The minimum Gasteiger partial charge on any atom is -0.481 e. The second-order valence-electron chi connectivity index (χ2n) is 6.71. The molecule has 2 N–H and O–H groups in total. The van der Waals surface area contributed by atoms with Crippen LogP contribution < -0.4 is 10.9 Å². The number of pyridine rings is 1. The van der Waals surface area contributed by atoms with Crippen LogP contribution in [0.2, 0.25) is 0 Å². The van der Waals surface area contributed by atoms with Gasteiger partial charge in [-0.3, -0.25) is 14.4 Å². The maximum atomic E-state index is 12.4. The third-order valence-electron chi connectivity index (χ3n) is 4.75. The molecule has 1 aromatic rings. The summed E-state index contributed by atoms with van der Waals surface area (Å²) in [5.74, 6) is -0.619. The number of nitrogens with zero attached hydrogens (tertiary/aromatic N) is 1. The van der Waals surface area contributed by atoms with Crippen LogP contribution in [0.25, 0.3) is 0 Å². The van der Waals surface area contributed by atoms with Crippen LogP contribution in [0.5, 0.6) is 0 Å². The predicted octanol–water partition coefficient (Wildman–Crippen LogP) is 2.32. The van der Waals surface area contributed by atoms with Gasteiger partial charge in [-0.05, 0) is 24.8 Å². The number of hydrogen-bond acceptors (Lipinski definition) is 3. The van der Waals surface area contributed by atoms with E-state index in [0.29, 0.717) is 17.9 Å². The number of hydrogen-bond donors (Lipinski definition) is 2. The molecular formula is C18H26N2O4. The first-order valence-corrected chi connectivity index (χ1v) is 8.65. The van der Waals surface area contributed by atoms with Gasteiger partial charge < -0.3 is 15.0 Å². The molecule has 6 heteroatoms. The normalized spacial score (nSPS) is 16.5. The molecule has 0 aliphatic heterocycles. The van der Waals surface area contributed by atoms with Crippen molar-refractivity contribution in [3.8, 4) is 0 Å². The van der Waals surface area contributed by atoms with Gasteiger partial charge in [-0.1, -0.05) is 32.1 Å². The average molecular weight is 334 g/mol. The van der Waals surface area contributed by atoms with Crippen LogP contribution in [0, 0.1) is 5.92 Å². The van der Waals surface area contributed by atoms with Crippen molar-refractivity contribution in [1.29, 1.82) is 0 Å². The number of aliphatic carboxylic acids is 1. The zero-order valence-corrected chi connectivity index (χ0v) is 14.2. The number of nitrogens with one attached hydrogen (secondary N) is 1. The van der Waals surface area contributed by atoms with Crippen LogP contribution >= 0.6 is 0 Å². The van der Waals surface area contributed by atoms with Crippen molar-refractivity contribution in [2.75, 3.05) is 0 Å². The van der Waals surface area contributed by atoms with Gasteiger partial charge in [0.2, 0.25) is 0 Å². The molecule has 0 aromatic carbocycles. The number of carbonyl (C=O) groups excluding carboxylic acids is 1. The molecule has 1 aromatic heterocycles. The predicted molar refractivity (Wildman–Crippen MR) is 91.0 cm³/mol. The quantitative estimate of drug-likeness (QED) is 0.801. The van der Waals surface area contributed by atoms with Crippen LogP contribution in [0.1, 0.15) is 61.7 Å². The van der Waals surface area contributed by atoms with E-state index in [1.54, 1.807) is 19.3 Å². The van der Waals surface area contributed by atoms with E-state index in [9.17, 15) is 14.4 Å². The van der Waals surface area contributed by atoms with E-state index < -0.39 is 5.97 Å². The third kappa shape index (κ3) is 5.51. The topological polar surface area (TPSA) is 88.4 Å². The number of amides is 1. The highest BCUT2D eigenvalue weighted by Gasteiger charge is 2.21. The van der Waals surface area contributed by atoms with Crippen molar-refractivity contribution < 1.29 is 14.7 Å². The summed E-state index contributed by atoms with van der Waals surface area (Å²) in [5, 5.41) is 11.9. The van der Waals surface area contributed by atoms with Gasteiger partial charge in [0.05, 0.1) is 0 Å². The number of carbonyl (C=O) groups is 2. The summed E-state index contributed by atoms with van der Waals surface area (Å²) in [6, 6.07) is 2.75. The number of rotatable bonds is 7. The van der Waals surface area contributed by atoms with Gasteiger partial charge in [-0.15, -0.1) is 0 Å². The first-order chi connectivity index (χ1) is 11.5. The molecule has 132 valence electrons. The standard InChI is InChI=1S/C18H26N2O4/c1-20-10-9-14(12-16(20)21)18(24)19-15(7-8-17(22)23)11-13-5-3-2-4-6-13/h9-10,12-13,15H,2-8,11H2,1H3,(H,19,24)(H,22,23). The van der Waals surface area contributed by atoms with E-state index >= 15 is 0 Å². The Bertz CT molecular complexity index is 632. The summed E-state index contributed by atoms with van der Waals surface area (Å²) in [7, 11) is 1.63. The lowest BCUT2D eigenvalue weighted by atomic mass is 9.84. The fraction of sp³-hybridized carbons (Fsp3) is 0.611. The lowest BCUT2D eigenvalue weighted by Gasteiger charge is -2.27. The van der Waals surface area contributed by atoms with Gasteiger partial charge >= 0.3 is 5.97 Å². The highest BCUT2D eigenvalue weighted by molar-refractivity contribution is 5.94. The van der Waals surface area contributed by atoms with Gasteiger partial charge in [0, 0.05) is 37.3 Å². The first-order valence-electron chi connectivity index (χ1n) is 8.65. The van der Waals surface area contributed by atoms with E-state index in [-0.39, 0.29) is 23.9 Å². The highest BCUT2D eigenvalue weighted by Crippen LogP contribution is 2.28. The number of aryl methyl sites for hydroxylation is 1. The van der Waals surface area contributed by atoms with Gasteiger partial charge in [0.1, 0.15) is 0 Å². The Kier molecular flexibility index (Phi) is 6.58. The number of aromatic nitrogens is 1. The molecule has 0 bridgehead atoms. The Balaban J connectivity index is 2.01. The summed E-state index contributed by atoms with van der Waals surface area (Å²) >= 11 is 0. The molecule has 0 radical (unpaired) electrons. The third-order valence-corrected chi connectivity index (χ3v) is 4.75. The van der Waals surface area contributed by atoms with E-state index in [1.165, 1.54) is 29.9 Å². The molecule has 1 amide bonds. The van der Waals surface area contributed by atoms with E-state index in [1.807, 2.05) is 0 Å². The molecule has 1 aliphatic rings. The second-order valence-corrected chi connectivity index (χ2v) is 6.71. The van der Waals surface area contributed by atoms with Crippen molar-refractivity contribution in [2.24, 2.45) is 13.0 Å². The summed E-state index contributed by atoms with van der Waals surface area (Å²) in [5.41, 5.74) is 0.0825. The maximum Gasteiger partial charge on any atom is 0.303 e. The van der Waals surface area contributed by atoms with Crippen molar-refractivity contribution in [3.05, 3.63) is 34.2 Å². The van der Waals surface area contributed by atoms with Crippen molar-refractivity contribution >= 4 is 11.9 Å². The van der Waals surface area contributed by atoms with Gasteiger partial charge in [0.25, 0.3) is 11.5 Å². The molecule has 1 unspecified atom stereocenters. The van der Waals surface area contributed by atoms with Crippen molar-refractivity contribution in [1.82, 2.24) is 9.88 Å². The lowest BCUT2D eigenvalue weighted by molar-refractivity contribution is -0.137.